The van der Waals surface area contributed by atoms with Gasteiger partial charge >= 0.3 is 39.5 Å². The van der Waals surface area contributed by atoms with E-state index in [1.807, 2.05) is 0 Å². The van der Waals surface area contributed by atoms with Crippen LogP contribution in [0.1, 0.15) is 401 Å². The van der Waals surface area contributed by atoms with Gasteiger partial charge in [0.1, 0.15) is 19.3 Å². The van der Waals surface area contributed by atoms with Gasteiger partial charge in [-0.1, -0.05) is 350 Å². The van der Waals surface area contributed by atoms with E-state index in [4.69, 9.17) is 37.0 Å². The lowest BCUT2D eigenvalue weighted by molar-refractivity contribution is -0.161. The molecule has 0 spiro atoms. The first kappa shape index (κ1) is 94.1. The Bertz CT molecular complexity index is 1860. The minimum atomic E-state index is -4.96. The van der Waals surface area contributed by atoms with E-state index < -0.39 is 97.5 Å². The van der Waals surface area contributed by atoms with E-state index in [0.717, 1.165) is 102 Å². The van der Waals surface area contributed by atoms with Crippen molar-refractivity contribution in [2.75, 3.05) is 39.6 Å². The number of carbonyl (C=O) groups is 4. The SMILES string of the molecule is CCCCCCCCCCCCCCCCC(=O)O[C@H](COC(=O)CCCCCCCCCCCC)COP(=O)(O)OC[C@H](O)COP(=O)(O)OC[C@@H](COC(=O)CCCCCCCCCCCCCCC(C)C)OC(=O)CCCCCCCCCCCCCCCCC(C)C. The Hall–Kier alpha value is -1.94. The van der Waals surface area contributed by atoms with Gasteiger partial charge in [0, 0.05) is 25.7 Å². The molecule has 0 aliphatic carbocycles. The van der Waals surface area contributed by atoms with Gasteiger partial charge in [0.05, 0.1) is 26.4 Å². The van der Waals surface area contributed by atoms with Gasteiger partial charge in [0.2, 0.25) is 0 Å². The highest BCUT2D eigenvalue weighted by atomic mass is 31.2. The number of esters is 4. The molecule has 0 bridgehead atoms. The molecule has 0 heterocycles. The maximum atomic E-state index is 13.1. The van der Waals surface area contributed by atoms with Crippen LogP contribution in [0.25, 0.3) is 0 Å². The molecule has 0 aliphatic heterocycles. The van der Waals surface area contributed by atoms with E-state index in [1.165, 1.54) is 218 Å². The summed E-state index contributed by atoms with van der Waals surface area (Å²) in [6, 6.07) is 0. The molecule has 19 heteroatoms. The van der Waals surface area contributed by atoms with Gasteiger partial charge in [-0.3, -0.25) is 37.3 Å². The second kappa shape index (κ2) is 68.8. The van der Waals surface area contributed by atoms with E-state index in [0.29, 0.717) is 25.7 Å². The fourth-order valence-corrected chi connectivity index (χ4v) is 13.4. The second-order valence-electron chi connectivity index (χ2n) is 28.7. The molecule has 0 rings (SSSR count). The average molecular weight is 1410 g/mol. The summed E-state index contributed by atoms with van der Waals surface area (Å²) in [7, 11) is -9.91. The Kier molecular flexibility index (Phi) is 67.4. The molecule has 0 saturated carbocycles. The average Bonchev–Trinajstić information content (AvgIpc) is 1.17. The number of unbranched alkanes of at least 4 members (excludes halogenated alkanes) is 46. The van der Waals surface area contributed by atoms with Gasteiger partial charge < -0.3 is 33.8 Å². The molecule has 570 valence electrons. The number of aliphatic hydroxyl groups is 1. The second-order valence-corrected chi connectivity index (χ2v) is 31.6. The van der Waals surface area contributed by atoms with Crippen LogP contribution < -0.4 is 0 Å². The van der Waals surface area contributed by atoms with Crippen LogP contribution in [-0.4, -0.2) is 96.7 Å². The topological polar surface area (TPSA) is 237 Å². The number of ether oxygens (including phenoxy) is 4. The molecule has 0 aromatic carbocycles. The maximum Gasteiger partial charge on any atom is 0.472 e. The summed E-state index contributed by atoms with van der Waals surface area (Å²) in [5.74, 6) is -0.535. The van der Waals surface area contributed by atoms with E-state index in [-0.39, 0.29) is 25.7 Å². The molecule has 0 fully saturated rings. The lowest BCUT2D eigenvalue weighted by Crippen LogP contribution is -2.30. The third-order valence-corrected chi connectivity index (χ3v) is 19.9. The largest absolute Gasteiger partial charge is 0.472 e. The molecule has 0 aromatic rings. The molecular formula is C77H150O17P2. The van der Waals surface area contributed by atoms with Crippen molar-refractivity contribution in [1.82, 2.24) is 0 Å². The van der Waals surface area contributed by atoms with Crippen LogP contribution in [0.2, 0.25) is 0 Å². The standard InChI is InChI=1S/C77H150O17P2/c1-7-9-11-13-15-17-19-20-24-31-37-43-49-55-61-76(81)93-72(65-87-74(79)59-53-47-41-35-18-16-14-12-10-8-2)67-91-95(83,84)89-63-71(78)64-90-96(85,86)92-68-73(66-88-75(80)60-54-48-42-36-30-27-26-29-34-40-46-52-58-70(5)6)94-77(82)62-56-50-44-38-32-25-22-21-23-28-33-39-45-51-57-69(3)4/h69-73,78H,7-68H2,1-6H3,(H,83,84)(H,85,86)/t71-,72+,73+/m0/s1. The van der Waals surface area contributed by atoms with Gasteiger partial charge in [-0.2, -0.15) is 0 Å². The smallest absolute Gasteiger partial charge is 0.462 e. The summed E-state index contributed by atoms with van der Waals surface area (Å²) >= 11 is 0. The van der Waals surface area contributed by atoms with Crippen molar-refractivity contribution in [3.05, 3.63) is 0 Å². The highest BCUT2D eigenvalue weighted by Gasteiger charge is 2.30. The summed E-state index contributed by atoms with van der Waals surface area (Å²) in [4.78, 5) is 72.9. The predicted molar refractivity (Wildman–Crippen MR) is 391 cm³/mol. The molecule has 2 unspecified atom stereocenters. The Morgan fingerprint density at radius 3 is 0.708 bits per heavy atom. The van der Waals surface area contributed by atoms with Crippen molar-refractivity contribution < 1.29 is 80.2 Å². The monoisotopic (exact) mass is 1410 g/mol. The van der Waals surface area contributed by atoms with Crippen molar-refractivity contribution >= 4 is 39.5 Å². The molecule has 5 atom stereocenters. The summed E-state index contributed by atoms with van der Waals surface area (Å²) < 4.78 is 68.6. The summed E-state index contributed by atoms with van der Waals surface area (Å²) in [6.07, 6.45) is 56.7. The predicted octanol–water partition coefficient (Wildman–Crippen LogP) is 22.7. The highest BCUT2D eigenvalue weighted by Crippen LogP contribution is 2.45. The number of hydrogen-bond acceptors (Lipinski definition) is 15. The number of carbonyl (C=O) groups excluding carboxylic acids is 4. The molecule has 96 heavy (non-hydrogen) atoms. The van der Waals surface area contributed by atoms with Gasteiger partial charge in [0.25, 0.3) is 0 Å². The summed E-state index contributed by atoms with van der Waals surface area (Å²) in [6.45, 7) is 9.64. The fraction of sp³-hybridized carbons (Fsp3) is 0.948. The Labute approximate surface area is 588 Å². The van der Waals surface area contributed by atoms with Crippen molar-refractivity contribution in [1.29, 1.82) is 0 Å². The van der Waals surface area contributed by atoms with Crippen LogP contribution in [0, 0.1) is 11.8 Å². The molecule has 0 aromatic heterocycles. The Morgan fingerprint density at radius 1 is 0.281 bits per heavy atom. The number of phosphoric acid groups is 2. The zero-order valence-corrected chi connectivity index (χ0v) is 64.5. The van der Waals surface area contributed by atoms with Crippen LogP contribution in [0.15, 0.2) is 0 Å². The molecule has 17 nitrogen and oxygen atoms in total. The normalized spacial score (nSPS) is 14.0. The minimum Gasteiger partial charge on any atom is -0.462 e. The summed E-state index contributed by atoms with van der Waals surface area (Å²) in [5.41, 5.74) is 0. The van der Waals surface area contributed by atoms with Gasteiger partial charge in [-0.25, -0.2) is 9.13 Å². The van der Waals surface area contributed by atoms with Gasteiger partial charge in [0.15, 0.2) is 12.2 Å². The van der Waals surface area contributed by atoms with E-state index in [2.05, 4.69) is 41.5 Å². The first-order valence-corrected chi connectivity index (χ1v) is 43.0. The third-order valence-electron chi connectivity index (χ3n) is 18.0. The Balaban J connectivity index is 5.25. The lowest BCUT2D eigenvalue weighted by Gasteiger charge is -2.21. The lowest BCUT2D eigenvalue weighted by atomic mass is 10.0. The van der Waals surface area contributed by atoms with E-state index >= 15 is 0 Å². The van der Waals surface area contributed by atoms with Crippen LogP contribution in [0.3, 0.4) is 0 Å². The van der Waals surface area contributed by atoms with Crippen LogP contribution >= 0.6 is 15.6 Å². The number of phosphoric ester groups is 2. The zero-order chi connectivity index (χ0) is 70.7. The molecule has 3 N–H and O–H groups in total. The van der Waals surface area contributed by atoms with Crippen molar-refractivity contribution in [3.63, 3.8) is 0 Å². The van der Waals surface area contributed by atoms with Crippen LogP contribution in [0.5, 0.6) is 0 Å². The fourth-order valence-electron chi connectivity index (χ4n) is 11.8. The third kappa shape index (κ3) is 70.5. The summed E-state index contributed by atoms with van der Waals surface area (Å²) in [5, 5.41) is 10.6. The van der Waals surface area contributed by atoms with Crippen molar-refractivity contribution in [2.24, 2.45) is 11.8 Å². The first-order chi connectivity index (χ1) is 46.4. The number of aliphatic hydroxyl groups excluding tert-OH is 1. The van der Waals surface area contributed by atoms with Gasteiger partial charge in [-0.15, -0.1) is 0 Å². The molecular weight excluding hydrogens is 1260 g/mol. The number of rotatable bonds is 76. The number of hydrogen-bond donors (Lipinski definition) is 3. The molecule has 0 radical (unpaired) electrons. The highest BCUT2D eigenvalue weighted by molar-refractivity contribution is 7.47. The van der Waals surface area contributed by atoms with Crippen molar-refractivity contribution in [2.45, 2.75) is 419 Å². The van der Waals surface area contributed by atoms with Crippen LogP contribution in [0.4, 0.5) is 0 Å². The van der Waals surface area contributed by atoms with Gasteiger partial charge in [-0.05, 0) is 37.5 Å². The maximum absolute atomic E-state index is 13.1. The van der Waals surface area contributed by atoms with Crippen molar-refractivity contribution in [3.8, 4) is 0 Å². The van der Waals surface area contributed by atoms with Crippen LogP contribution in [-0.2, 0) is 65.4 Å². The first-order valence-electron chi connectivity index (χ1n) is 40.0. The van der Waals surface area contributed by atoms with E-state index in [1.54, 1.807) is 0 Å². The Morgan fingerprint density at radius 2 is 0.479 bits per heavy atom. The van der Waals surface area contributed by atoms with E-state index in [9.17, 15) is 43.2 Å². The molecule has 0 saturated heterocycles. The quantitative estimate of drug-likeness (QED) is 0.0222. The zero-order valence-electron chi connectivity index (χ0n) is 62.7. The molecule has 0 aliphatic rings. The molecule has 0 amide bonds. The minimum absolute atomic E-state index is 0.108.